The van der Waals surface area contributed by atoms with Crippen LogP contribution in [0.15, 0.2) is 61.1 Å². The number of pyridine rings is 1. The Labute approximate surface area is 193 Å². The summed E-state index contributed by atoms with van der Waals surface area (Å²) in [7, 11) is 0. The molecule has 1 unspecified atom stereocenters. The third-order valence-electron chi connectivity index (χ3n) is 7.23. The molecule has 0 bridgehead atoms. The molecule has 0 radical (unpaired) electrons. The van der Waals surface area contributed by atoms with Gasteiger partial charge in [-0.25, -0.2) is 9.67 Å². The predicted molar refractivity (Wildman–Crippen MR) is 126 cm³/mol. The van der Waals surface area contributed by atoms with Crippen molar-refractivity contribution in [1.82, 2.24) is 39.4 Å². The number of imidazole rings is 1. The molecule has 1 aromatic carbocycles. The Morgan fingerprint density at radius 1 is 0.939 bits per heavy atom. The molecule has 8 nitrogen and oxygen atoms in total. The monoisotopic (exact) mass is 442 g/mol. The molecule has 1 saturated heterocycles. The van der Waals surface area contributed by atoms with Gasteiger partial charge in [0.05, 0.1) is 12.6 Å². The molecular weight excluding hydrogens is 412 g/mol. The first kappa shape index (κ1) is 20.5. The second-order valence-corrected chi connectivity index (χ2v) is 9.25. The van der Waals surface area contributed by atoms with E-state index in [4.69, 9.17) is 0 Å². The first-order chi connectivity index (χ1) is 16.3. The van der Waals surface area contributed by atoms with Crippen LogP contribution in [0.5, 0.6) is 0 Å². The molecule has 4 aromatic rings. The zero-order chi connectivity index (χ0) is 22.0. The summed E-state index contributed by atoms with van der Waals surface area (Å²) in [6, 6.07) is 15.5. The highest BCUT2D eigenvalue weighted by Gasteiger charge is 2.32. The lowest BCUT2D eigenvalue weighted by Crippen LogP contribution is -2.42. The van der Waals surface area contributed by atoms with Crippen LogP contribution in [0.4, 0.5) is 0 Å². The van der Waals surface area contributed by atoms with E-state index >= 15 is 0 Å². The van der Waals surface area contributed by atoms with E-state index in [0.29, 0.717) is 6.54 Å². The van der Waals surface area contributed by atoms with Crippen molar-refractivity contribution in [2.45, 2.75) is 44.3 Å². The fourth-order valence-electron chi connectivity index (χ4n) is 5.23. The van der Waals surface area contributed by atoms with E-state index in [1.807, 2.05) is 23.1 Å². The highest BCUT2D eigenvalue weighted by molar-refractivity contribution is 5.41. The smallest absolute Gasteiger partial charge is 0.173 e. The van der Waals surface area contributed by atoms with E-state index in [2.05, 4.69) is 77.3 Å². The zero-order valence-electron chi connectivity index (χ0n) is 18.9. The van der Waals surface area contributed by atoms with Crippen LogP contribution in [0.25, 0.3) is 5.65 Å². The molecule has 1 saturated carbocycles. The fourth-order valence-corrected chi connectivity index (χ4v) is 5.23. The molecule has 3 aromatic heterocycles. The number of nitrogens with zero attached hydrogens (tertiary/aromatic N) is 8. The average molecular weight is 443 g/mol. The number of rotatable bonds is 6. The Bertz CT molecular complexity index is 1200. The summed E-state index contributed by atoms with van der Waals surface area (Å²) in [6.07, 6.45) is 11.3. The first-order valence-corrected chi connectivity index (χ1v) is 12.1. The maximum absolute atomic E-state index is 4.57. The summed E-state index contributed by atoms with van der Waals surface area (Å²) < 4.78 is 4.05. The summed E-state index contributed by atoms with van der Waals surface area (Å²) >= 11 is 0. The van der Waals surface area contributed by atoms with E-state index in [1.165, 1.54) is 43.4 Å². The van der Waals surface area contributed by atoms with Gasteiger partial charge in [0, 0.05) is 44.3 Å². The molecule has 4 heterocycles. The van der Waals surface area contributed by atoms with Crippen molar-refractivity contribution in [1.29, 1.82) is 0 Å². The van der Waals surface area contributed by atoms with Crippen molar-refractivity contribution >= 4 is 5.65 Å². The molecule has 2 aliphatic rings. The van der Waals surface area contributed by atoms with Gasteiger partial charge in [-0.05, 0) is 53.4 Å². The lowest BCUT2D eigenvalue weighted by atomic mass is 9.91. The van der Waals surface area contributed by atoms with Gasteiger partial charge in [0.2, 0.25) is 0 Å². The maximum Gasteiger partial charge on any atom is 0.173 e. The molecule has 0 N–H and O–H groups in total. The Morgan fingerprint density at radius 2 is 1.85 bits per heavy atom. The Hall–Kier alpha value is -3.10. The second kappa shape index (κ2) is 9.03. The summed E-state index contributed by atoms with van der Waals surface area (Å²) in [4.78, 5) is 9.70. The standard InChI is InChI=1S/C25H30N8/c1-2-6-20(7-3-1)18-33-25(27-28-29-33)24(21-10-11-23-26-12-15-32(23)19-21)31-14-5-13-30(16-17-31)22-8-4-9-22/h1-3,6-7,10-12,15,19,22,24H,4-5,8-9,13-14,16-18H2. The van der Waals surface area contributed by atoms with Gasteiger partial charge in [0.15, 0.2) is 5.82 Å². The molecule has 1 aliphatic heterocycles. The largest absolute Gasteiger partial charge is 0.307 e. The van der Waals surface area contributed by atoms with Gasteiger partial charge in [-0.15, -0.1) is 5.10 Å². The van der Waals surface area contributed by atoms with E-state index < -0.39 is 0 Å². The van der Waals surface area contributed by atoms with Gasteiger partial charge < -0.3 is 4.40 Å². The number of aromatic nitrogens is 6. The van der Waals surface area contributed by atoms with Gasteiger partial charge in [0.1, 0.15) is 5.65 Å². The number of hydrogen-bond acceptors (Lipinski definition) is 6. The Kier molecular flexibility index (Phi) is 5.61. The van der Waals surface area contributed by atoms with Gasteiger partial charge in [-0.2, -0.15) is 0 Å². The quantitative estimate of drug-likeness (QED) is 0.457. The van der Waals surface area contributed by atoms with Crippen LogP contribution < -0.4 is 0 Å². The van der Waals surface area contributed by atoms with Gasteiger partial charge in [0.25, 0.3) is 0 Å². The normalized spacial score (nSPS) is 19.4. The predicted octanol–water partition coefficient (Wildman–Crippen LogP) is 3.02. The molecule has 170 valence electrons. The minimum Gasteiger partial charge on any atom is -0.307 e. The van der Waals surface area contributed by atoms with Crippen molar-refractivity contribution in [3.05, 3.63) is 78.0 Å². The summed E-state index contributed by atoms with van der Waals surface area (Å²) in [6.45, 7) is 5.00. The van der Waals surface area contributed by atoms with Crippen LogP contribution in [0.1, 0.15) is 48.7 Å². The molecule has 2 fully saturated rings. The molecule has 0 spiro atoms. The van der Waals surface area contributed by atoms with Crippen molar-refractivity contribution in [3.8, 4) is 0 Å². The fraction of sp³-hybridized carbons (Fsp3) is 0.440. The molecule has 8 heteroatoms. The molecule has 1 aliphatic carbocycles. The van der Waals surface area contributed by atoms with E-state index in [9.17, 15) is 0 Å². The molecule has 6 rings (SSSR count). The maximum atomic E-state index is 4.57. The van der Waals surface area contributed by atoms with Crippen LogP contribution in [-0.2, 0) is 6.54 Å². The average Bonchev–Trinajstić information content (AvgIpc) is 3.39. The van der Waals surface area contributed by atoms with Crippen molar-refractivity contribution < 1.29 is 0 Å². The second-order valence-electron chi connectivity index (χ2n) is 9.25. The SMILES string of the molecule is c1ccc(Cn2nnnc2C(c2ccc3nccn3c2)N2CCCN(C3CCC3)CC2)cc1. The van der Waals surface area contributed by atoms with Crippen molar-refractivity contribution in [2.24, 2.45) is 0 Å². The third-order valence-corrected chi connectivity index (χ3v) is 7.23. The number of benzene rings is 1. The topological polar surface area (TPSA) is 67.4 Å². The lowest BCUT2D eigenvalue weighted by molar-refractivity contribution is 0.127. The summed E-state index contributed by atoms with van der Waals surface area (Å²) in [5.41, 5.74) is 3.34. The van der Waals surface area contributed by atoms with Gasteiger partial charge in [-0.1, -0.05) is 42.8 Å². The molecular formula is C25H30N8. The zero-order valence-corrected chi connectivity index (χ0v) is 18.9. The highest BCUT2D eigenvalue weighted by Crippen LogP contribution is 2.31. The number of tetrazole rings is 1. The molecule has 0 amide bonds. The van der Waals surface area contributed by atoms with Crippen LogP contribution in [-0.4, -0.2) is 71.6 Å². The third kappa shape index (κ3) is 4.16. The van der Waals surface area contributed by atoms with E-state index in [-0.39, 0.29) is 6.04 Å². The number of fused-ring (bicyclic) bond motifs is 1. The highest BCUT2D eigenvalue weighted by atomic mass is 15.6. The minimum absolute atomic E-state index is 0.00291. The Balaban J connectivity index is 1.35. The van der Waals surface area contributed by atoms with E-state index in [1.54, 1.807) is 0 Å². The van der Waals surface area contributed by atoms with Crippen molar-refractivity contribution in [3.63, 3.8) is 0 Å². The summed E-state index contributed by atoms with van der Waals surface area (Å²) in [5, 5.41) is 13.1. The number of hydrogen-bond donors (Lipinski definition) is 0. The van der Waals surface area contributed by atoms with Crippen LogP contribution >= 0.6 is 0 Å². The Morgan fingerprint density at radius 3 is 2.70 bits per heavy atom. The van der Waals surface area contributed by atoms with Crippen LogP contribution in [0, 0.1) is 0 Å². The molecule has 33 heavy (non-hydrogen) atoms. The van der Waals surface area contributed by atoms with Gasteiger partial charge in [-0.3, -0.25) is 9.80 Å². The lowest BCUT2D eigenvalue weighted by Gasteiger charge is -2.37. The van der Waals surface area contributed by atoms with Crippen LogP contribution in [0.3, 0.4) is 0 Å². The minimum atomic E-state index is -0.00291. The molecule has 1 atom stereocenters. The first-order valence-electron chi connectivity index (χ1n) is 12.1. The van der Waals surface area contributed by atoms with E-state index in [0.717, 1.165) is 37.1 Å². The summed E-state index contributed by atoms with van der Waals surface area (Å²) in [5.74, 6) is 0.899. The van der Waals surface area contributed by atoms with Gasteiger partial charge >= 0.3 is 0 Å². The van der Waals surface area contributed by atoms with Crippen LogP contribution in [0.2, 0.25) is 0 Å². The van der Waals surface area contributed by atoms with Crippen molar-refractivity contribution in [2.75, 3.05) is 26.2 Å².